The van der Waals surface area contributed by atoms with Gasteiger partial charge in [0.2, 0.25) is 0 Å². The van der Waals surface area contributed by atoms with Gasteiger partial charge >= 0.3 is 0 Å². The van der Waals surface area contributed by atoms with Crippen molar-refractivity contribution in [3.8, 4) is 0 Å². The highest BCUT2D eigenvalue weighted by molar-refractivity contribution is 6.32. The summed E-state index contributed by atoms with van der Waals surface area (Å²) in [4.78, 5) is 4.63. The topological polar surface area (TPSA) is 24.9 Å². The van der Waals surface area contributed by atoms with Gasteiger partial charge in [0.05, 0.1) is 5.52 Å². The lowest BCUT2D eigenvalue weighted by Crippen LogP contribution is -2.15. The molecule has 0 saturated heterocycles. The van der Waals surface area contributed by atoms with Gasteiger partial charge in [0.25, 0.3) is 0 Å². The molecule has 1 aromatic heterocycles. The average molecular weight is 261 g/mol. The quantitative estimate of drug-likeness (QED) is 0.909. The van der Waals surface area contributed by atoms with Crippen LogP contribution in [-0.4, -0.2) is 11.0 Å². The van der Waals surface area contributed by atoms with E-state index in [1.165, 1.54) is 23.8 Å². The van der Waals surface area contributed by atoms with Gasteiger partial charge in [0.1, 0.15) is 0 Å². The third kappa shape index (κ3) is 2.23. The smallest absolute Gasteiger partial charge is 0.0752 e. The molecule has 1 aliphatic rings. The van der Waals surface area contributed by atoms with Gasteiger partial charge in [-0.25, -0.2) is 0 Å². The van der Waals surface area contributed by atoms with Gasteiger partial charge in [-0.1, -0.05) is 17.7 Å². The van der Waals surface area contributed by atoms with Crippen LogP contribution >= 0.6 is 11.6 Å². The van der Waals surface area contributed by atoms with Gasteiger partial charge < -0.3 is 5.32 Å². The van der Waals surface area contributed by atoms with E-state index < -0.39 is 0 Å². The van der Waals surface area contributed by atoms with Crippen molar-refractivity contribution in [2.24, 2.45) is 0 Å². The van der Waals surface area contributed by atoms with Crippen molar-refractivity contribution in [3.05, 3.63) is 40.0 Å². The van der Waals surface area contributed by atoms with Gasteiger partial charge in [-0.2, -0.15) is 0 Å². The summed E-state index contributed by atoms with van der Waals surface area (Å²) in [7, 11) is 0. The normalized spacial score (nSPS) is 15.3. The van der Waals surface area contributed by atoms with Crippen molar-refractivity contribution >= 4 is 22.5 Å². The van der Waals surface area contributed by atoms with E-state index in [2.05, 4.69) is 22.4 Å². The Bertz CT molecular complexity index is 603. The number of pyridine rings is 1. The Morgan fingerprint density at radius 1 is 1.33 bits per heavy atom. The summed E-state index contributed by atoms with van der Waals surface area (Å²) in [5.74, 6) is 0. The first-order chi connectivity index (χ1) is 8.65. The Morgan fingerprint density at radius 3 is 2.83 bits per heavy atom. The van der Waals surface area contributed by atoms with Crippen molar-refractivity contribution < 1.29 is 0 Å². The van der Waals surface area contributed by atoms with Crippen LogP contribution in [0.5, 0.6) is 0 Å². The average Bonchev–Trinajstić information content (AvgIpc) is 3.15. The fourth-order valence-corrected chi connectivity index (χ4v) is 2.46. The Morgan fingerprint density at radius 2 is 2.11 bits per heavy atom. The first-order valence-electron chi connectivity index (χ1n) is 6.44. The zero-order valence-electron chi connectivity index (χ0n) is 10.8. The van der Waals surface area contributed by atoms with Crippen LogP contribution in [0.4, 0.5) is 0 Å². The molecule has 3 rings (SSSR count). The van der Waals surface area contributed by atoms with Crippen LogP contribution in [0.1, 0.15) is 29.7 Å². The van der Waals surface area contributed by atoms with Crippen LogP contribution < -0.4 is 5.32 Å². The number of fused-ring (bicyclic) bond motifs is 1. The predicted molar refractivity (Wildman–Crippen MR) is 76.1 cm³/mol. The van der Waals surface area contributed by atoms with E-state index in [1.54, 1.807) is 0 Å². The van der Waals surface area contributed by atoms with Crippen molar-refractivity contribution in [2.45, 2.75) is 39.3 Å². The second-order valence-electron chi connectivity index (χ2n) is 5.15. The molecular weight excluding hydrogens is 244 g/mol. The summed E-state index contributed by atoms with van der Waals surface area (Å²) < 4.78 is 0. The maximum absolute atomic E-state index is 6.17. The first-order valence-corrected chi connectivity index (χ1v) is 6.81. The third-order valence-electron chi connectivity index (χ3n) is 3.54. The van der Waals surface area contributed by atoms with Crippen LogP contribution in [0, 0.1) is 13.8 Å². The molecule has 94 valence electrons. The van der Waals surface area contributed by atoms with Crippen molar-refractivity contribution in [1.29, 1.82) is 0 Å². The molecule has 1 heterocycles. The standard InChI is InChI=1S/C15H17ClN2/c1-9-7-11(8-17-12-3-4-12)13-5-6-14(16)10(2)15(13)18-9/h5-7,12,17H,3-4,8H2,1-2H3. The molecule has 0 amide bonds. The highest BCUT2D eigenvalue weighted by Gasteiger charge is 2.20. The number of halogens is 1. The van der Waals surface area contributed by atoms with E-state index in [0.717, 1.165) is 34.4 Å². The molecule has 1 saturated carbocycles. The summed E-state index contributed by atoms with van der Waals surface area (Å²) >= 11 is 6.17. The molecule has 1 aromatic carbocycles. The van der Waals surface area contributed by atoms with Crippen LogP contribution in [0.3, 0.4) is 0 Å². The van der Waals surface area contributed by atoms with Crippen molar-refractivity contribution in [2.75, 3.05) is 0 Å². The van der Waals surface area contributed by atoms with Gasteiger partial charge in [0, 0.05) is 28.7 Å². The van der Waals surface area contributed by atoms with E-state index in [9.17, 15) is 0 Å². The molecule has 2 nitrogen and oxygen atoms in total. The largest absolute Gasteiger partial charge is 0.310 e. The third-order valence-corrected chi connectivity index (χ3v) is 3.95. The maximum atomic E-state index is 6.17. The molecule has 1 aliphatic carbocycles. The molecular formula is C15H17ClN2. The summed E-state index contributed by atoms with van der Waals surface area (Å²) in [5.41, 5.74) is 4.49. The number of nitrogens with zero attached hydrogens (tertiary/aromatic N) is 1. The monoisotopic (exact) mass is 260 g/mol. The molecule has 0 atom stereocenters. The summed E-state index contributed by atoms with van der Waals surface area (Å²) in [6.07, 6.45) is 2.62. The zero-order chi connectivity index (χ0) is 12.7. The predicted octanol–water partition coefficient (Wildman–Crippen LogP) is 3.76. The summed E-state index contributed by atoms with van der Waals surface area (Å²) in [6, 6.07) is 6.95. The van der Waals surface area contributed by atoms with E-state index >= 15 is 0 Å². The first kappa shape index (κ1) is 11.9. The molecule has 0 aliphatic heterocycles. The van der Waals surface area contributed by atoms with E-state index in [-0.39, 0.29) is 0 Å². The SMILES string of the molecule is Cc1cc(CNC2CC2)c2ccc(Cl)c(C)c2n1. The van der Waals surface area contributed by atoms with Crippen molar-refractivity contribution in [3.63, 3.8) is 0 Å². The molecule has 0 bridgehead atoms. The molecule has 0 unspecified atom stereocenters. The second kappa shape index (κ2) is 4.52. The number of benzene rings is 1. The van der Waals surface area contributed by atoms with Crippen LogP contribution in [0.25, 0.3) is 10.9 Å². The van der Waals surface area contributed by atoms with E-state index in [0.29, 0.717) is 0 Å². The number of nitrogens with one attached hydrogen (secondary N) is 1. The molecule has 18 heavy (non-hydrogen) atoms. The minimum atomic E-state index is 0.724. The Balaban J connectivity index is 2.08. The minimum absolute atomic E-state index is 0.724. The molecule has 0 spiro atoms. The number of aryl methyl sites for hydroxylation is 2. The number of aromatic nitrogens is 1. The fourth-order valence-electron chi connectivity index (χ4n) is 2.31. The highest BCUT2D eigenvalue weighted by atomic mass is 35.5. The summed E-state index contributed by atoms with van der Waals surface area (Å²) in [6.45, 7) is 5.00. The van der Waals surface area contributed by atoms with Gasteiger partial charge in [-0.3, -0.25) is 4.98 Å². The van der Waals surface area contributed by atoms with Gasteiger partial charge in [-0.15, -0.1) is 0 Å². The number of hydrogen-bond donors (Lipinski definition) is 1. The second-order valence-corrected chi connectivity index (χ2v) is 5.55. The Hall–Kier alpha value is -1.12. The van der Waals surface area contributed by atoms with Crippen LogP contribution in [0.15, 0.2) is 18.2 Å². The molecule has 1 N–H and O–H groups in total. The highest BCUT2D eigenvalue weighted by Crippen LogP contribution is 2.27. The van der Waals surface area contributed by atoms with E-state index in [4.69, 9.17) is 11.6 Å². The maximum Gasteiger partial charge on any atom is 0.0752 e. The molecule has 2 aromatic rings. The Kier molecular flexibility index (Phi) is 3.00. The van der Waals surface area contributed by atoms with Crippen LogP contribution in [-0.2, 0) is 6.54 Å². The minimum Gasteiger partial charge on any atom is -0.310 e. The van der Waals surface area contributed by atoms with Gasteiger partial charge in [-0.05, 0) is 49.9 Å². The zero-order valence-corrected chi connectivity index (χ0v) is 11.5. The number of hydrogen-bond acceptors (Lipinski definition) is 2. The summed E-state index contributed by atoms with van der Waals surface area (Å²) in [5, 5.41) is 5.58. The molecule has 0 radical (unpaired) electrons. The van der Waals surface area contributed by atoms with Gasteiger partial charge in [0.15, 0.2) is 0 Å². The molecule has 1 fully saturated rings. The lowest BCUT2D eigenvalue weighted by Gasteiger charge is -2.11. The van der Waals surface area contributed by atoms with E-state index in [1.807, 2.05) is 19.9 Å². The lowest BCUT2D eigenvalue weighted by atomic mass is 10.0. The van der Waals surface area contributed by atoms with Crippen LogP contribution in [0.2, 0.25) is 5.02 Å². The number of rotatable bonds is 3. The molecule has 3 heteroatoms. The lowest BCUT2D eigenvalue weighted by molar-refractivity contribution is 0.690. The van der Waals surface area contributed by atoms with Crippen molar-refractivity contribution in [1.82, 2.24) is 10.3 Å². The Labute approximate surface area is 112 Å². The fraction of sp³-hybridized carbons (Fsp3) is 0.400.